The number of sulfonamides is 1. The summed E-state index contributed by atoms with van der Waals surface area (Å²) in [5, 5.41) is 9.69. The second-order valence-electron chi connectivity index (χ2n) is 5.15. The molecule has 0 saturated carbocycles. The Morgan fingerprint density at radius 2 is 1.88 bits per heavy atom. The van der Waals surface area contributed by atoms with Gasteiger partial charge in [-0.25, -0.2) is 12.8 Å². The van der Waals surface area contributed by atoms with Gasteiger partial charge in [-0.2, -0.15) is 0 Å². The van der Waals surface area contributed by atoms with E-state index in [0.717, 1.165) is 18.2 Å². The Kier molecular flexibility index (Phi) is 5.47. The molecule has 5 nitrogen and oxygen atoms in total. The van der Waals surface area contributed by atoms with Crippen LogP contribution in [0.5, 0.6) is 11.5 Å². The van der Waals surface area contributed by atoms with Crippen molar-refractivity contribution in [1.29, 1.82) is 0 Å². The third-order valence-corrected chi connectivity index (χ3v) is 4.72. The number of ether oxygens (including phenoxy) is 1. The number of phenols is 1. The lowest BCUT2D eigenvalue weighted by molar-refractivity contribution is 0.243. The molecular weight excluding hydrogens is 380 g/mol. The molecule has 2 aromatic rings. The van der Waals surface area contributed by atoms with E-state index in [9.17, 15) is 17.9 Å². The average Bonchev–Trinajstić information content (AvgIpc) is 2.45. The molecule has 0 fully saturated rings. The van der Waals surface area contributed by atoms with Crippen LogP contribution in [0.2, 0.25) is 10.0 Å². The van der Waals surface area contributed by atoms with Crippen LogP contribution in [0.15, 0.2) is 35.2 Å². The summed E-state index contributed by atoms with van der Waals surface area (Å²) in [6, 6.07) is 5.65. The number of hydrogen-bond donors (Lipinski definition) is 2. The molecule has 130 valence electrons. The minimum Gasteiger partial charge on any atom is -0.505 e. The smallest absolute Gasteiger partial charge is 0.265 e. The molecule has 0 spiro atoms. The summed E-state index contributed by atoms with van der Waals surface area (Å²) in [7, 11) is -4.28. The molecule has 0 radical (unpaired) electrons. The van der Waals surface area contributed by atoms with Gasteiger partial charge in [0.2, 0.25) is 0 Å². The number of halogens is 3. The van der Waals surface area contributed by atoms with E-state index in [-0.39, 0.29) is 27.6 Å². The molecule has 9 heteroatoms. The van der Waals surface area contributed by atoms with E-state index in [1.807, 2.05) is 0 Å². The molecule has 0 aliphatic carbocycles. The van der Waals surface area contributed by atoms with Crippen LogP contribution in [-0.4, -0.2) is 19.6 Å². The van der Waals surface area contributed by atoms with Crippen LogP contribution >= 0.6 is 23.2 Å². The number of benzene rings is 2. The maximum Gasteiger partial charge on any atom is 0.265 e. The zero-order chi connectivity index (χ0) is 18.1. The van der Waals surface area contributed by atoms with Crippen molar-refractivity contribution in [3.63, 3.8) is 0 Å². The Balaban J connectivity index is 2.49. The summed E-state index contributed by atoms with van der Waals surface area (Å²) in [5.74, 6) is -1.17. The molecule has 0 unspecified atom stereocenters. The Morgan fingerprint density at radius 1 is 1.21 bits per heavy atom. The number of phenolic OH excluding ortho intramolecular Hbond substituents is 1. The predicted molar refractivity (Wildman–Crippen MR) is 91.1 cm³/mol. The Labute approximate surface area is 149 Å². The van der Waals surface area contributed by atoms with Crippen LogP contribution in [0, 0.1) is 5.82 Å². The van der Waals surface area contributed by atoms with E-state index in [4.69, 9.17) is 27.9 Å². The van der Waals surface area contributed by atoms with Crippen molar-refractivity contribution < 1.29 is 22.7 Å². The van der Waals surface area contributed by atoms with Gasteiger partial charge in [-0.15, -0.1) is 0 Å². The molecule has 0 heterocycles. The second-order valence-corrected chi connectivity index (χ2v) is 7.64. The third kappa shape index (κ3) is 4.23. The van der Waals surface area contributed by atoms with Crippen LogP contribution in [0.25, 0.3) is 0 Å². The minimum absolute atomic E-state index is 0.0241. The fourth-order valence-corrected chi connectivity index (χ4v) is 3.71. The predicted octanol–water partition coefficient (Wildman–Crippen LogP) is 4.43. The lowest BCUT2D eigenvalue weighted by atomic mass is 10.3. The summed E-state index contributed by atoms with van der Waals surface area (Å²) in [4.78, 5) is -0.528. The molecule has 0 saturated heterocycles. The molecular formula is C15H14Cl2FNO4S. The lowest BCUT2D eigenvalue weighted by Gasteiger charge is -2.16. The third-order valence-electron chi connectivity index (χ3n) is 2.83. The first-order chi connectivity index (χ1) is 11.1. The maximum atomic E-state index is 13.5. The van der Waals surface area contributed by atoms with Crippen molar-refractivity contribution in [2.24, 2.45) is 0 Å². The van der Waals surface area contributed by atoms with Crippen molar-refractivity contribution in [3.8, 4) is 11.5 Å². The van der Waals surface area contributed by atoms with Gasteiger partial charge in [0.25, 0.3) is 10.0 Å². The molecule has 2 aromatic carbocycles. The highest BCUT2D eigenvalue weighted by atomic mass is 35.5. The molecule has 2 rings (SSSR count). The number of nitrogens with one attached hydrogen (secondary N) is 1. The molecule has 0 aliphatic rings. The maximum absolute atomic E-state index is 13.5. The van der Waals surface area contributed by atoms with E-state index in [0.29, 0.717) is 0 Å². The van der Waals surface area contributed by atoms with Crippen molar-refractivity contribution in [3.05, 3.63) is 46.2 Å². The molecule has 2 N–H and O–H groups in total. The highest BCUT2D eigenvalue weighted by Crippen LogP contribution is 2.36. The van der Waals surface area contributed by atoms with Crippen LogP contribution < -0.4 is 9.46 Å². The second kappa shape index (κ2) is 7.04. The molecule has 0 amide bonds. The number of rotatable bonds is 5. The van der Waals surface area contributed by atoms with E-state index in [1.165, 1.54) is 12.1 Å². The van der Waals surface area contributed by atoms with Crippen LogP contribution in [0.4, 0.5) is 10.1 Å². The van der Waals surface area contributed by atoms with E-state index in [2.05, 4.69) is 4.72 Å². The first-order valence-electron chi connectivity index (χ1n) is 6.77. The van der Waals surface area contributed by atoms with Gasteiger partial charge < -0.3 is 9.84 Å². The Morgan fingerprint density at radius 3 is 2.50 bits per heavy atom. The van der Waals surface area contributed by atoms with Gasteiger partial charge in [0, 0.05) is 11.1 Å². The summed E-state index contributed by atoms with van der Waals surface area (Å²) in [5.41, 5.74) is -0.112. The van der Waals surface area contributed by atoms with Gasteiger partial charge in [-0.05, 0) is 38.1 Å². The lowest BCUT2D eigenvalue weighted by Crippen LogP contribution is -2.15. The number of aromatic hydroxyl groups is 1. The standard InChI is InChI=1S/C15H14Cl2FNO4S/c1-8(2)23-13-4-3-10(18)7-12(13)19-24(21,22)14-6-9(16)5-11(17)15(14)20/h3-8,19-20H,1-2H3. The average molecular weight is 394 g/mol. The largest absolute Gasteiger partial charge is 0.505 e. The van der Waals surface area contributed by atoms with E-state index in [1.54, 1.807) is 13.8 Å². The zero-order valence-corrected chi connectivity index (χ0v) is 15.0. The van der Waals surface area contributed by atoms with Crippen molar-refractivity contribution in [2.75, 3.05) is 4.72 Å². The quantitative estimate of drug-likeness (QED) is 0.787. The highest BCUT2D eigenvalue weighted by Gasteiger charge is 2.23. The zero-order valence-electron chi connectivity index (χ0n) is 12.7. The van der Waals surface area contributed by atoms with Crippen molar-refractivity contribution >= 4 is 38.9 Å². The number of anilines is 1. The first-order valence-corrected chi connectivity index (χ1v) is 9.01. The van der Waals surface area contributed by atoms with Gasteiger partial charge in [0.05, 0.1) is 16.8 Å². The molecule has 0 aliphatic heterocycles. The summed E-state index contributed by atoms with van der Waals surface area (Å²) in [6.45, 7) is 3.48. The van der Waals surface area contributed by atoms with Crippen molar-refractivity contribution in [2.45, 2.75) is 24.8 Å². The molecule has 0 aromatic heterocycles. The summed E-state index contributed by atoms with van der Waals surface area (Å²) < 4.78 is 46.1. The van der Waals surface area contributed by atoms with Crippen LogP contribution in [0.3, 0.4) is 0 Å². The molecule has 24 heavy (non-hydrogen) atoms. The first kappa shape index (κ1) is 18.6. The fourth-order valence-electron chi connectivity index (χ4n) is 1.89. The van der Waals surface area contributed by atoms with Crippen LogP contribution in [-0.2, 0) is 10.0 Å². The van der Waals surface area contributed by atoms with Gasteiger partial charge >= 0.3 is 0 Å². The fraction of sp³-hybridized carbons (Fsp3) is 0.200. The van der Waals surface area contributed by atoms with Gasteiger partial charge in [0.1, 0.15) is 16.5 Å². The van der Waals surface area contributed by atoms with Crippen molar-refractivity contribution in [1.82, 2.24) is 0 Å². The molecule has 0 bridgehead atoms. The Hall–Kier alpha value is -1.70. The van der Waals surface area contributed by atoms with Gasteiger partial charge in [-0.3, -0.25) is 4.72 Å². The highest BCUT2D eigenvalue weighted by molar-refractivity contribution is 7.92. The SMILES string of the molecule is CC(C)Oc1ccc(F)cc1NS(=O)(=O)c1cc(Cl)cc(Cl)c1O. The summed E-state index contributed by atoms with van der Waals surface area (Å²) >= 11 is 11.5. The topological polar surface area (TPSA) is 75.6 Å². The Bertz CT molecular complexity index is 872. The molecule has 0 atom stereocenters. The van der Waals surface area contributed by atoms with E-state index >= 15 is 0 Å². The normalized spacial score (nSPS) is 11.6. The van der Waals surface area contributed by atoms with Gasteiger partial charge in [-0.1, -0.05) is 23.2 Å². The minimum atomic E-state index is -4.28. The summed E-state index contributed by atoms with van der Waals surface area (Å²) in [6.07, 6.45) is -0.257. The van der Waals surface area contributed by atoms with Gasteiger partial charge in [0.15, 0.2) is 5.75 Å². The van der Waals surface area contributed by atoms with Crippen LogP contribution in [0.1, 0.15) is 13.8 Å². The van der Waals surface area contributed by atoms with E-state index < -0.39 is 26.5 Å². The number of hydrogen-bond acceptors (Lipinski definition) is 4. The monoisotopic (exact) mass is 393 g/mol.